The van der Waals surface area contributed by atoms with Gasteiger partial charge in [0.25, 0.3) is 0 Å². The van der Waals surface area contributed by atoms with Crippen LogP contribution < -0.4 is 5.32 Å². The second-order valence-electron chi connectivity index (χ2n) is 2.99. The molecule has 64 valence electrons. The summed E-state index contributed by atoms with van der Waals surface area (Å²) in [6, 6.07) is 9.50. The minimum Gasteiger partial charge on any atom is -0.325 e. The van der Waals surface area contributed by atoms with E-state index in [0.717, 1.165) is 11.3 Å². The minimum atomic E-state index is -0.277. The first-order chi connectivity index (χ1) is 6.33. The number of amides is 1. The van der Waals surface area contributed by atoms with E-state index in [9.17, 15) is 4.79 Å². The van der Waals surface area contributed by atoms with Crippen molar-refractivity contribution >= 4 is 11.6 Å². The van der Waals surface area contributed by atoms with Crippen LogP contribution in [0.5, 0.6) is 0 Å². The molecule has 1 atom stereocenters. The highest BCUT2D eigenvalue weighted by Gasteiger charge is 2.29. The van der Waals surface area contributed by atoms with Gasteiger partial charge in [-0.1, -0.05) is 18.2 Å². The molecule has 0 spiro atoms. The summed E-state index contributed by atoms with van der Waals surface area (Å²) in [6.07, 6.45) is 0.253. The number of para-hydroxylation sites is 1. The zero-order chi connectivity index (χ0) is 9.26. The van der Waals surface area contributed by atoms with Crippen LogP contribution in [0.15, 0.2) is 24.3 Å². The summed E-state index contributed by atoms with van der Waals surface area (Å²) in [6.45, 7) is 0. The summed E-state index contributed by atoms with van der Waals surface area (Å²) in [5, 5.41) is 11.3. The molecule has 0 aromatic heterocycles. The molecule has 0 radical (unpaired) electrons. The van der Waals surface area contributed by atoms with Crippen molar-refractivity contribution in [1.82, 2.24) is 0 Å². The van der Waals surface area contributed by atoms with E-state index in [0.29, 0.717) is 0 Å². The minimum absolute atomic E-state index is 0.0669. The lowest BCUT2D eigenvalue weighted by Gasteiger charge is -2.01. The van der Waals surface area contributed by atoms with Gasteiger partial charge in [-0.2, -0.15) is 5.26 Å². The second-order valence-corrected chi connectivity index (χ2v) is 2.99. The number of nitrogens with one attached hydrogen (secondary N) is 1. The fourth-order valence-electron chi connectivity index (χ4n) is 1.57. The third-order valence-electron chi connectivity index (χ3n) is 2.21. The van der Waals surface area contributed by atoms with Gasteiger partial charge in [-0.05, 0) is 11.6 Å². The molecule has 3 nitrogen and oxygen atoms in total. The Morgan fingerprint density at radius 3 is 3.00 bits per heavy atom. The molecular weight excluding hydrogens is 164 g/mol. The molecule has 0 saturated carbocycles. The van der Waals surface area contributed by atoms with E-state index >= 15 is 0 Å². The Labute approximate surface area is 76.0 Å². The number of nitriles is 1. The first-order valence-electron chi connectivity index (χ1n) is 4.09. The van der Waals surface area contributed by atoms with Gasteiger partial charge in [0, 0.05) is 5.69 Å². The average molecular weight is 172 g/mol. The lowest BCUT2D eigenvalue weighted by atomic mass is 9.98. The maximum absolute atomic E-state index is 11.4. The van der Waals surface area contributed by atoms with Crippen LogP contribution in [0.3, 0.4) is 0 Å². The monoisotopic (exact) mass is 172 g/mol. The number of nitrogens with zero attached hydrogens (tertiary/aromatic N) is 1. The number of hydrogen-bond donors (Lipinski definition) is 1. The molecular formula is C10H8N2O. The number of carbonyl (C=O) groups excluding carboxylic acids is 1. The molecule has 1 aliphatic rings. The fraction of sp³-hybridized carbons (Fsp3) is 0.200. The summed E-state index contributed by atoms with van der Waals surface area (Å²) in [4.78, 5) is 11.4. The first-order valence-corrected chi connectivity index (χ1v) is 4.09. The summed E-state index contributed by atoms with van der Waals surface area (Å²) in [7, 11) is 0. The van der Waals surface area contributed by atoms with Crippen LogP contribution in [0.25, 0.3) is 0 Å². The number of fused-ring (bicyclic) bond motifs is 1. The smallest absolute Gasteiger partial charge is 0.233 e. The Kier molecular flexibility index (Phi) is 1.75. The molecule has 0 aliphatic carbocycles. The van der Waals surface area contributed by atoms with Gasteiger partial charge in [-0.25, -0.2) is 0 Å². The van der Waals surface area contributed by atoms with Crippen LogP contribution in [-0.4, -0.2) is 5.91 Å². The quantitative estimate of drug-likeness (QED) is 0.700. The average Bonchev–Trinajstić information content (AvgIpc) is 2.44. The van der Waals surface area contributed by atoms with Crippen LogP contribution in [0.2, 0.25) is 0 Å². The summed E-state index contributed by atoms with van der Waals surface area (Å²) in [5.74, 6) is -0.344. The highest BCUT2D eigenvalue weighted by molar-refractivity contribution is 6.02. The van der Waals surface area contributed by atoms with Crippen molar-refractivity contribution in [3.8, 4) is 6.07 Å². The van der Waals surface area contributed by atoms with Crippen molar-refractivity contribution in [2.75, 3.05) is 5.32 Å². The van der Waals surface area contributed by atoms with Gasteiger partial charge >= 0.3 is 0 Å². The summed E-state index contributed by atoms with van der Waals surface area (Å²) >= 11 is 0. The van der Waals surface area contributed by atoms with Crippen molar-refractivity contribution in [3.63, 3.8) is 0 Å². The molecule has 13 heavy (non-hydrogen) atoms. The summed E-state index contributed by atoms with van der Waals surface area (Å²) < 4.78 is 0. The molecule has 0 saturated heterocycles. The van der Waals surface area contributed by atoms with Crippen molar-refractivity contribution < 1.29 is 4.79 Å². The van der Waals surface area contributed by atoms with Crippen LogP contribution in [-0.2, 0) is 4.79 Å². The molecule has 0 fully saturated rings. The van der Waals surface area contributed by atoms with E-state index in [2.05, 4.69) is 5.32 Å². The summed E-state index contributed by atoms with van der Waals surface area (Å²) in [5.41, 5.74) is 1.78. The van der Waals surface area contributed by atoms with E-state index in [-0.39, 0.29) is 18.2 Å². The van der Waals surface area contributed by atoms with E-state index in [1.165, 1.54) is 0 Å². The standard InChI is InChI=1S/C10H8N2O/c11-6-5-8-7-3-1-2-4-9(7)12-10(8)13/h1-4,8H,5H2,(H,12,13). The normalized spacial score (nSPS) is 19.0. The maximum atomic E-state index is 11.4. The van der Waals surface area contributed by atoms with Gasteiger partial charge in [0.1, 0.15) is 0 Å². The van der Waals surface area contributed by atoms with E-state index in [1.54, 1.807) is 0 Å². The Morgan fingerprint density at radius 1 is 1.46 bits per heavy atom. The molecule has 1 aliphatic heterocycles. The van der Waals surface area contributed by atoms with Gasteiger partial charge in [0.2, 0.25) is 5.91 Å². The van der Waals surface area contributed by atoms with Crippen LogP contribution in [0.1, 0.15) is 17.9 Å². The number of benzene rings is 1. The van der Waals surface area contributed by atoms with Crippen molar-refractivity contribution in [2.45, 2.75) is 12.3 Å². The zero-order valence-corrected chi connectivity index (χ0v) is 6.95. The lowest BCUT2D eigenvalue weighted by Crippen LogP contribution is -2.11. The largest absolute Gasteiger partial charge is 0.325 e. The van der Waals surface area contributed by atoms with E-state index < -0.39 is 0 Å². The van der Waals surface area contributed by atoms with Crippen LogP contribution in [0.4, 0.5) is 5.69 Å². The van der Waals surface area contributed by atoms with E-state index in [1.807, 2.05) is 30.3 Å². The van der Waals surface area contributed by atoms with Gasteiger partial charge in [-0.15, -0.1) is 0 Å². The van der Waals surface area contributed by atoms with Crippen molar-refractivity contribution in [1.29, 1.82) is 5.26 Å². The first kappa shape index (κ1) is 7.81. The molecule has 1 heterocycles. The van der Waals surface area contributed by atoms with Crippen molar-refractivity contribution in [3.05, 3.63) is 29.8 Å². The number of carbonyl (C=O) groups is 1. The van der Waals surface area contributed by atoms with Crippen LogP contribution in [0, 0.1) is 11.3 Å². The maximum Gasteiger partial charge on any atom is 0.233 e. The second kappa shape index (κ2) is 2.91. The molecule has 1 unspecified atom stereocenters. The SMILES string of the molecule is N#CCC1C(=O)Nc2ccccc21. The predicted octanol–water partition coefficient (Wildman–Crippen LogP) is 1.64. The predicted molar refractivity (Wildman–Crippen MR) is 48.0 cm³/mol. The lowest BCUT2D eigenvalue weighted by molar-refractivity contribution is -0.116. The van der Waals surface area contributed by atoms with Gasteiger partial charge in [0.15, 0.2) is 0 Å². The van der Waals surface area contributed by atoms with Gasteiger partial charge in [-0.3, -0.25) is 4.79 Å². The molecule has 1 aromatic rings. The third kappa shape index (κ3) is 1.17. The zero-order valence-electron chi connectivity index (χ0n) is 6.95. The number of hydrogen-bond acceptors (Lipinski definition) is 2. The Hall–Kier alpha value is -1.82. The number of anilines is 1. The number of rotatable bonds is 1. The van der Waals surface area contributed by atoms with Gasteiger partial charge < -0.3 is 5.32 Å². The van der Waals surface area contributed by atoms with Crippen LogP contribution >= 0.6 is 0 Å². The fourth-order valence-corrected chi connectivity index (χ4v) is 1.57. The Bertz CT molecular complexity index is 392. The van der Waals surface area contributed by atoms with E-state index in [4.69, 9.17) is 5.26 Å². The van der Waals surface area contributed by atoms with Crippen molar-refractivity contribution in [2.24, 2.45) is 0 Å². The third-order valence-corrected chi connectivity index (χ3v) is 2.21. The molecule has 0 bridgehead atoms. The molecule has 2 rings (SSSR count). The Balaban J connectivity index is 2.42. The molecule has 1 N–H and O–H groups in total. The highest BCUT2D eigenvalue weighted by atomic mass is 16.2. The van der Waals surface area contributed by atoms with Gasteiger partial charge in [0.05, 0.1) is 18.4 Å². The molecule has 1 aromatic carbocycles. The molecule has 3 heteroatoms. The topological polar surface area (TPSA) is 52.9 Å². The highest BCUT2D eigenvalue weighted by Crippen LogP contribution is 2.33. The molecule has 1 amide bonds. The Morgan fingerprint density at radius 2 is 2.23 bits per heavy atom.